The Kier molecular flexibility index (Phi) is 6.70. The Bertz CT molecular complexity index is 379. The van der Waals surface area contributed by atoms with Gasteiger partial charge in [-0.05, 0) is 12.5 Å². The molecular formula is C7H3F5S5. The molecule has 17 heavy (non-hydrogen) atoms. The molecule has 1 rings (SSSR count). The first kappa shape index (κ1) is 15.7. The van der Waals surface area contributed by atoms with Gasteiger partial charge in [0.1, 0.15) is 0 Å². The van der Waals surface area contributed by atoms with Crippen molar-refractivity contribution in [2.24, 2.45) is 0 Å². The monoisotopic (exact) mass is 342 g/mol. The van der Waals surface area contributed by atoms with E-state index < -0.39 is 41.3 Å². The van der Waals surface area contributed by atoms with Crippen LogP contribution in [-0.4, -0.2) is 0 Å². The Morgan fingerprint density at radius 1 is 0.529 bits per heavy atom. The summed E-state index contributed by atoms with van der Waals surface area (Å²) in [5.41, 5.74) is 0.0445. The van der Waals surface area contributed by atoms with Crippen molar-refractivity contribution in [1.29, 1.82) is 0 Å². The number of benzene rings is 1. The van der Waals surface area contributed by atoms with Gasteiger partial charge in [-0.1, -0.05) is 0 Å². The molecule has 0 aliphatic heterocycles. The van der Waals surface area contributed by atoms with Crippen molar-refractivity contribution in [2.45, 2.75) is 31.4 Å². The first-order valence-electron chi connectivity index (χ1n) is 3.79. The molecule has 0 N–H and O–H groups in total. The highest BCUT2D eigenvalue weighted by atomic mass is 32.2. The molecule has 0 spiro atoms. The minimum Gasteiger partial charge on any atom is -0.160 e. The quantitative estimate of drug-likeness (QED) is 0.533. The van der Waals surface area contributed by atoms with Crippen molar-refractivity contribution in [3.05, 3.63) is 5.56 Å². The van der Waals surface area contributed by atoms with Gasteiger partial charge in [0, 0.05) is 0 Å². The number of rotatable bonds is 5. The Morgan fingerprint density at radius 2 is 0.765 bits per heavy atom. The maximum atomic E-state index is 12.7. The summed E-state index contributed by atoms with van der Waals surface area (Å²) in [4.78, 5) is -1.68. The second-order valence-electron chi connectivity index (χ2n) is 2.66. The topological polar surface area (TPSA) is 0 Å². The van der Waals surface area contributed by atoms with E-state index in [1.807, 2.05) is 0 Å². The number of hydrogen-bond donors (Lipinski definition) is 0. The normalized spacial score (nSPS) is 10.9. The average Bonchev–Trinajstić information content (AvgIpc) is 2.36. The predicted molar refractivity (Wildman–Crippen MR) is 66.0 cm³/mol. The van der Waals surface area contributed by atoms with Gasteiger partial charge in [0.05, 0.1) is 85.2 Å². The summed E-state index contributed by atoms with van der Waals surface area (Å²) < 4.78 is 63.4. The maximum absolute atomic E-state index is 12.7. The van der Waals surface area contributed by atoms with Gasteiger partial charge in [0.15, 0.2) is 0 Å². The van der Waals surface area contributed by atoms with Crippen LogP contribution in [0, 0.1) is 6.92 Å². The van der Waals surface area contributed by atoms with E-state index in [9.17, 15) is 19.4 Å². The van der Waals surface area contributed by atoms with E-state index in [1.165, 1.54) is 6.92 Å². The summed E-state index contributed by atoms with van der Waals surface area (Å²) in [6, 6.07) is 0. The van der Waals surface area contributed by atoms with Crippen LogP contribution in [0.3, 0.4) is 0 Å². The van der Waals surface area contributed by atoms with Crippen molar-refractivity contribution in [3.63, 3.8) is 0 Å². The predicted octanol–water partition coefficient (Wildman–Crippen LogP) is 6.88. The average molecular weight is 342 g/mol. The van der Waals surface area contributed by atoms with Crippen molar-refractivity contribution in [3.8, 4) is 0 Å². The molecule has 96 valence electrons. The third-order valence-corrected chi connectivity index (χ3v) is 5.43. The third kappa shape index (κ3) is 2.96. The summed E-state index contributed by atoms with van der Waals surface area (Å²) in [5.74, 6) is 0. The zero-order chi connectivity index (χ0) is 13.0. The van der Waals surface area contributed by atoms with E-state index >= 15 is 0 Å². The summed E-state index contributed by atoms with van der Waals surface area (Å²) in [5, 5.41) is 0. The molecule has 0 nitrogen and oxygen atoms in total. The highest BCUT2D eigenvalue weighted by molar-refractivity contribution is 8.00. The van der Waals surface area contributed by atoms with Crippen LogP contribution in [0.2, 0.25) is 0 Å². The molecule has 0 aliphatic rings. The summed E-state index contributed by atoms with van der Waals surface area (Å²) in [6.07, 6.45) is 0. The van der Waals surface area contributed by atoms with E-state index in [1.54, 1.807) is 0 Å². The largest absolute Gasteiger partial charge is 0.160 e. The van der Waals surface area contributed by atoms with Crippen LogP contribution < -0.4 is 0 Å². The molecule has 1 aromatic carbocycles. The van der Waals surface area contributed by atoms with Crippen LogP contribution in [0.25, 0.3) is 0 Å². The smallest absolute Gasteiger partial charge is 0.0838 e. The van der Waals surface area contributed by atoms with Gasteiger partial charge >= 0.3 is 0 Å². The standard InChI is InChI=1S/C7H3F5S5/c1-2-3(13-8)5(15-10)7(17-12)6(16-11)4(2)14-9/h1H3. The molecule has 0 bridgehead atoms. The molecule has 0 saturated carbocycles. The van der Waals surface area contributed by atoms with Gasteiger partial charge < -0.3 is 0 Å². The summed E-state index contributed by atoms with van der Waals surface area (Å²) in [6.45, 7) is 1.32. The maximum Gasteiger partial charge on any atom is 0.0838 e. The number of halogens is 5. The van der Waals surface area contributed by atoms with Gasteiger partial charge in [-0.15, -0.1) is 0 Å². The van der Waals surface area contributed by atoms with E-state index in [0.717, 1.165) is 0 Å². The van der Waals surface area contributed by atoms with Crippen molar-refractivity contribution < 1.29 is 19.4 Å². The second-order valence-corrected chi connectivity index (χ2v) is 5.47. The van der Waals surface area contributed by atoms with Gasteiger partial charge in [-0.2, -0.15) is 19.4 Å². The van der Waals surface area contributed by atoms with E-state index in [-0.39, 0.29) is 49.4 Å². The molecule has 10 heteroatoms. The third-order valence-electron chi connectivity index (χ3n) is 1.89. The summed E-state index contributed by atoms with van der Waals surface area (Å²) >= 11 is -1.90. The minimum absolute atomic E-state index is 0.0445. The van der Waals surface area contributed by atoms with Gasteiger partial charge in [-0.3, -0.25) is 0 Å². The highest BCUT2D eigenvalue weighted by Crippen LogP contribution is 2.51. The first-order valence-corrected chi connectivity index (χ1v) is 7.38. The van der Waals surface area contributed by atoms with Crippen LogP contribution in [0.4, 0.5) is 19.4 Å². The Morgan fingerprint density at radius 3 is 1.00 bits per heavy atom. The van der Waals surface area contributed by atoms with E-state index in [2.05, 4.69) is 0 Å². The van der Waals surface area contributed by atoms with Crippen molar-refractivity contribution >= 4 is 60.7 Å². The lowest BCUT2D eigenvalue weighted by atomic mass is 10.2. The van der Waals surface area contributed by atoms with Crippen LogP contribution in [0.15, 0.2) is 24.5 Å². The fourth-order valence-electron chi connectivity index (χ4n) is 1.15. The first-order chi connectivity index (χ1) is 8.15. The van der Waals surface area contributed by atoms with Crippen LogP contribution in [-0.2, 0) is 0 Å². The Hall–Kier alpha value is 0.620. The van der Waals surface area contributed by atoms with Gasteiger partial charge in [0.25, 0.3) is 0 Å². The summed E-state index contributed by atoms with van der Waals surface area (Å²) in [7, 11) is 0. The molecule has 0 saturated heterocycles. The lowest BCUT2D eigenvalue weighted by molar-refractivity contribution is 0.812. The number of hydrogen-bond acceptors (Lipinski definition) is 5. The highest BCUT2D eigenvalue weighted by Gasteiger charge is 2.25. The van der Waals surface area contributed by atoms with Crippen LogP contribution in [0.1, 0.15) is 5.56 Å². The molecule has 0 fully saturated rings. The zero-order valence-corrected chi connectivity index (χ0v) is 12.0. The van der Waals surface area contributed by atoms with E-state index in [4.69, 9.17) is 0 Å². The molecule has 1 aromatic rings. The molecular weight excluding hydrogens is 339 g/mol. The SMILES string of the molecule is Cc1c(SF)c(SF)c(SF)c(SF)c1SF. The molecule has 0 unspecified atom stereocenters. The Balaban J connectivity index is 3.66. The van der Waals surface area contributed by atoms with Crippen molar-refractivity contribution in [2.75, 3.05) is 0 Å². The molecule has 0 heterocycles. The molecule has 0 radical (unpaired) electrons. The molecule has 0 aliphatic carbocycles. The lowest BCUT2D eigenvalue weighted by Crippen LogP contribution is -1.92. The lowest BCUT2D eigenvalue weighted by Gasteiger charge is -2.14. The Labute approximate surface area is 117 Å². The zero-order valence-electron chi connectivity index (χ0n) is 7.93. The van der Waals surface area contributed by atoms with Gasteiger partial charge in [-0.25, -0.2) is 0 Å². The fraction of sp³-hybridized carbons (Fsp3) is 0.143. The minimum atomic E-state index is -0.448. The van der Waals surface area contributed by atoms with Crippen LogP contribution in [0.5, 0.6) is 0 Å². The van der Waals surface area contributed by atoms with Gasteiger partial charge in [0.2, 0.25) is 0 Å². The van der Waals surface area contributed by atoms with E-state index in [0.29, 0.717) is 0 Å². The molecule has 0 amide bonds. The second kappa shape index (κ2) is 7.27. The van der Waals surface area contributed by atoms with Crippen molar-refractivity contribution in [1.82, 2.24) is 0 Å². The fourth-order valence-corrected chi connectivity index (χ4v) is 4.08. The van der Waals surface area contributed by atoms with Crippen LogP contribution >= 0.6 is 60.7 Å². The molecule has 0 aromatic heterocycles. The molecule has 0 atom stereocenters.